The molecule has 0 saturated heterocycles. The van der Waals surface area contributed by atoms with Crippen molar-refractivity contribution in [1.29, 1.82) is 0 Å². The van der Waals surface area contributed by atoms with Gasteiger partial charge in [0.15, 0.2) is 0 Å². The summed E-state index contributed by atoms with van der Waals surface area (Å²) in [7, 11) is 0. The second-order valence-corrected chi connectivity index (χ2v) is 10.9. The molecular weight excluding hydrogens is 415 g/mol. The van der Waals surface area contributed by atoms with Crippen molar-refractivity contribution in [2.24, 2.45) is 23.7 Å². The fourth-order valence-corrected chi connectivity index (χ4v) is 6.99. The van der Waals surface area contributed by atoms with Gasteiger partial charge in [0.05, 0.1) is 5.56 Å². The van der Waals surface area contributed by atoms with E-state index < -0.39 is 17.8 Å². The molecule has 0 radical (unpaired) electrons. The van der Waals surface area contributed by atoms with Gasteiger partial charge in [-0.25, -0.2) is 4.39 Å². The smallest absolute Gasteiger partial charge is 0.254 e. The number of rotatable bonds is 6. The van der Waals surface area contributed by atoms with Gasteiger partial charge in [-0.2, -0.15) is 0 Å². The molecule has 2 aromatic rings. The molecule has 174 valence electrons. The highest BCUT2D eigenvalue weighted by atomic mass is 19.1. The van der Waals surface area contributed by atoms with Gasteiger partial charge < -0.3 is 10.6 Å². The number of benzene rings is 2. The van der Waals surface area contributed by atoms with Crippen molar-refractivity contribution in [2.45, 2.75) is 63.8 Å². The molecule has 6 rings (SSSR count). The Labute approximate surface area is 195 Å². The van der Waals surface area contributed by atoms with Crippen LogP contribution in [-0.2, 0) is 10.2 Å². The molecule has 4 nitrogen and oxygen atoms in total. The molecule has 0 spiro atoms. The van der Waals surface area contributed by atoms with Gasteiger partial charge in [0, 0.05) is 5.69 Å². The van der Waals surface area contributed by atoms with Gasteiger partial charge in [0.1, 0.15) is 11.9 Å². The van der Waals surface area contributed by atoms with E-state index in [-0.39, 0.29) is 17.4 Å². The minimum atomic E-state index is -0.764. The lowest BCUT2D eigenvalue weighted by Gasteiger charge is -2.57. The number of halogens is 1. The summed E-state index contributed by atoms with van der Waals surface area (Å²) in [6.45, 7) is 3.73. The normalized spacial score (nSPS) is 28.5. The highest BCUT2D eigenvalue weighted by molar-refractivity contribution is 6.01. The summed E-state index contributed by atoms with van der Waals surface area (Å²) in [4.78, 5) is 25.5. The second kappa shape index (κ2) is 8.58. The second-order valence-electron chi connectivity index (χ2n) is 10.9. The van der Waals surface area contributed by atoms with Crippen LogP contribution in [0.2, 0.25) is 0 Å². The number of anilines is 1. The topological polar surface area (TPSA) is 58.2 Å². The Hall–Kier alpha value is -2.69. The van der Waals surface area contributed by atoms with E-state index in [1.165, 1.54) is 62.3 Å². The molecule has 4 aliphatic carbocycles. The van der Waals surface area contributed by atoms with Gasteiger partial charge >= 0.3 is 0 Å². The highest BCUT2D eigenvalue weighted by Gasteiger charge is 2.51. The molecule has 4 saturated carbocycles. The van der Waals surface area contributed by atoms with Gasteiger partial charge in [-0.1, -0.05) is 38.1 Å². The molecule has 0 aromatic heterocycles. The zero-order chi connectivity index (χ0) is 23.2. The van der Waals surface area contributed by atoms with Crippen LogP contribution in [0.15, 0.2) is 48.5 Å². The number of carbonyl (C=O) groups excluding carboxylic acids is 2. The molecule has 2 N–H and O–H groups in total. The molecule has 4 aliphatic rings. The van der Waals surface area contributed by atoms with Crippen LogP contribution in [0.25, 0.3) is 0 Å². The van der Waals surface area contributed by atoms with Crippen LogP contribution in [0.3, 0.4) is 0 Å². The maximum absolute atomic E-state index is 14.0. The predicted molar refractivity (Wildman–Crippen MR) is 127 cm³/mol. The molecule has 0 unspecified atom stereocenters. The maximum Gasteiger partial charge on any atom is 0.254 e. The summed E-state index contributed by atoms with van der Waals surface area (Å²) in [5, 5.41) is 5.65. The lowest BCUT2D eigenvalue weighted by molar-refractivity contribution is -0.118. The summed E-state index contributed by atoms with van der Waals surface area (Å²) in [6, 6.07) is 13.4. The molecule has 2 amide bonds. The average molecular weight is 449 g/mol. The van der Waals surface area contributed by atoms with Gasteiger partial charge in [-0.3, -0.25) is 9.59 Å². The quantitative estimate of drug-likeness (QED) is 0.597. The van der Waals surface area contributed by atoms with Crippen LogP contribution >= 0.6 is 0 Å². The predicted octanol–water partition coefficient (Wildman–Crippen LogP) is 5.69. The van der Waals surface area contributed by atoms with Crippen LogP contribution in [0.5, 0.6) is 0 Å². The van der Waals surface area contributed by atoms with E-state index in [9.17, 15) is 14.0 Å². The number of amides is 2. The molecule has 33 heavy (non-hydrogen) atoms. The third kappa shape index (κ3) is 4.30. The molecule has 0 aliphatic heterocycles. The fourth-order valence-electron chi connectivity index (χ4n) is 6.99. The lowest BCUT2D eigenvalue weighted by atomic mass is 9.48. The molecule has 4 fully saturated rings. The van der Waals surface area contributed by atoms with E-state index in [2.05, 4.69) is 22.8 Å². The number of hydrogen-bond acceptors (Lipinski definition) is 2. The molecule has 1 atom stereocenters. The first-order valence-electron chi connectivity index (χ1n) is 12.3. The zero-order valence-corrected chi connectivity index (χ0v) is 19.4. The summed E-state index contributed by atoms with van der Waals surface area (Å²) in [5.74, 6) is 1.04. The van der Waals surface area contributed by atoms with E-state index in [4.69, 9.17) is 0 Å². The third-order valence-corrected chi connectivity index (χ3v) is 8.16. The van der Waals surface area contributed by atoms with Crippen molar-refractivity contribution in [2.75, 3.05) is 5.32 Å². The molecule has 5 heteroatoms. The van der Waals surface area contributed by atoms with Crippen LogP contribution in [0.4, 0.5) is 10.1 Å². The molecule has 0 heterocycles. The minimum absolute atomic E-state index is 0.0594. The molecule has 4 bridgehead atoms. The van der Waals surface area contributed by atoms with Crippen molar-refractivity contribution >= 4 is 17.5 Å². The third-order valence-electron chi connectivity index (χ3n) is 8.16. The largest absolute Gasteiger partial charge is 0.340 e. The number of nitrogens with one attached hydrogen (secondary N) is 2. The van der Waals surface area contributed by atoms with Crippen LogP contribution in [-0.4, -0.2) is 17.9 Å². The maximum atomic E-state index is 14.0. The first-order valence-corrected chi connectivity index (χ1v) is 12.3. The van der Waals surface area contributed by atoms with E-state index in [1.54, 1.807) is 6.07 Å². The van der Waals surface area contributed by atoms with Gasteiger partial charge in [0.2, 0.25) is 5.91 Å². The number of carbonyl (C=O) groups is 2. The first kappa shape index (κ1) is 22.1. The Balaban J connectivity index is 1.27. The first-order chi connectivity index (χ1) is 15.8. The van der Waals surface area contributed by atoms with Crippen molar-refractivity contribution < 1.29 is 14.0 Å². The lowest BCUT2D eigenvalue weighted by Crippen LogP contribution is -2.48. The highest BCUT2D eigenvalue weighted by Crippen LogP contribution is 2.60. The van der Waals surface area contributed by atoms with E-state index in [0.29, 0.717) is 5.41 Å². The van der Waals surface area contributed by atoms with E-state index in [1.807, 2.05) is 26.0 Å². The Kier molecular flexibility index (Phi) is 5.75. The average Bonchev–Trinajstić information content (AvgIpc) is 2.77. The Bertz CT molecular complexity index is 1010. The van der Waals surface area contributed by atoms with Crippen LogP contribution in [0, 0.1) is 29.5 Å². The van der Waals surface area contributed by atoms with Crippen molar-refractivity contribution in [3.05, 3.63) is 65.5 Å². The SMILES string of the molecule is CC(C)[C@H](NC(=O)c1ccccc1F)C(=O)Nc1ccc(C23CC4CC(CC(C4)C2)C3)cc1. The van der Waals surface area contributed by atoms with Gasteiger partial charge in [0.25, 0.3) is 5.91 Å². The van der Waals surface area contributed by atoms with Gasteiger partial charge in [-0.05, 0) is 97.4 Å². The standard InChI is InChI=1S/C28H33FN2O2/c1-17(2)25(31-26(32)23-5-3-4-6-24(23)29)27(33)30-22-9-7-21(8-10-22)28-14-18-11-19(15-28)13-20(12-18)16-28/h3-10,17-20,25H,11-16H2,1-2H3,(H,30,33)(H,31,32)/t18?,19?,20?,25-,28?/m0/s1. The van der Waals surface area contributed by atoms with Crippen molar-refractivity contribution in [3.8, 4) is 0 Å². The fraction of sp³-hybridized carbons (Fsp3) is 0.500. The van der Waals surface area contributed by atoms with Crippen molar-refractivity contribution in [1.82, 2.24) is 5.32 Å². The van der Waals surface area contributed by atoms with Crippen LogP contribution < -0.4 is 10.6 Å². The minimum Gasteiger partial charge on any atom is -0.340 e. The monoisotopic (exact) mass is 448 g/mol. The Morgan fingerprint density at radius 3 is 2.03 bits per heavy atom. The van der Waals surface area contributed by atoms with E-state index >= 15 is 0 Å². The summed E-state index contributed by atoms with van der Waals surface area (Å²) < 4.78 is 14.0. The summed E-state index contributed by atoms with van der Waals surface area (Å²) in [6.07, 6.45) is 8.18. The zero-order valence-electron chi connectivity index (χ0n) is 19.4. The van der Waals surface area contributed by atoms with E-state index in [0.717, 1.165) is 23.4 Å². The number of hydrogen-bond donors (Lipinski definition) is 2. The molecular formula is C28H33FN2O2. The van der Waals surface area contributed by atoms with Crippen molar-refractivity contribution in [3.63, 3.8) is 0 Å². The van der Waals surface area contributed by atoms with Crippen LogP contribution in [0.1, 0.15) is 68.3 Å². The molecule has 2 aromatic carbocycles. The summed E-state index contributed by atoms with van der Waals surface area (Å²) in [5.41, 5.74) is 2.40. The summed E-state index contributed by atoms with van der Waals surface area (Å²) >= 11 is 0. The Morgan fingerprint density at radius 1 is 0.909 bits per heavy atom. The van der Waals surface area contributed by atoms with Gasteiger partial charge in [-0.15, -0.1) is 0 Å². The Morgan fingerprint density at radius 2 is 1.48 bits per heavy atom.